The van der Waals surface area contributed by atoms with E-state index in [1.54, 1.807) is 6.08 Å². The van der Waals surface area contributed by atoms with Gasteiger partial charge in [-0.3, -0.25) is 9.59 Å². The van der Waals surface area contributed by atoms with Crippen molar-refractivity contribution in [2.75, 3.05) is 6.61 Å². The third-order valence-electron chi connectivity index (χ3n) is 4.36. The van der Waals surface area contributed by atoms with E-state index in [0.29, 0.717) is 22.5 Å². The van der Waals surface area contributed by atoms with Gasteiger partial charge < -0.3 is 4.74 Å². The van der Waals surface area contributed by atoms with Gasteiger partial charge in [0.25, 0.3) is 11.1 Å². The minimum absolute atomic E-state index is 0.235. The average molecular weight is 484 g/mol. The zero-order chi connectivity index (χ0) is 21.1. The van der Waals surface area contributed by atoms with Gasteiger partial charge in [-0.15, -0.1) is 0 Å². The second-order valence-electron chi connectivity index (χ2n) is 6.70. The van der Waals surface area contributed by atoms with Gasteiger partial charge in [0.1, 0.15) is 11.4 Å². The molecule has 30 heavy (non-hydrogen) atoms. The lowest BCUT2D eigenvalue weighted by atomic mass is 10.1. The molecule has 6 nitrogen and oxygen atoms in total. The Morgan fingerprint density at radius 3 is 2.70 bits per heavy atom. The molecular formula is C22H18BrN3O3S. The van der Waals surface area contributed by atoms with Crippen molar-refractivity contribution in [2.45, 2.75) is 19.8 Å². The summed E-state index contributed by atoms with van der Waals surface area (Å²) in [6.07, 6.45) is 3.00. The van der Waals surface area contributed by atoms with Gasteiger partial charge in [0.15, 0.2) is 0 Å². The summed E-state index contributed by atoms with van der Waals surface area (Å²) in [6, 6.07) is 15.1. The maximum atomic E-state index is 12.8. The average Bonchev–Trinajstić information content (AvgIpc) is 3.02. The van der Waals surface area contributed by atoms with Crippen molar-refractivity contribution in [1.29, 1.82) is 0 Å². The van der Waals surface area contributed by atoms with Crippen molar-refractivity contribution in [3.05, 3.63) is 95.1 Å². The van der Waals surface area contributed by atoms with Gasteiger partial charge in [0.2, 0.25) is 4.96 Å². The van der Waals surface area contributed by atoms with Crippen LogP contribution in [0.4, 0.5) is 0 Å². The lowest BCUT2D eigenvalue weighted by Gasteiger charge is -2.05. The molecule has 4 rings (SSSR count). The van der Waals surface area contributed by atoms with Crippen molar-refractivity contribution in [3.63, 3.8) is 0 Å². The lowest BCUT2D eigenvalue weighted by Crippen LogP contribution is -2.28. The van der Waals surface area contributed by atoms with Crippen LogP contribution < -0.4 is 20.4 Å². The van der Waals surface area contributed by atoms with Gasteiger partial charge >= 0.3 is 0 Å². The van der Waals surface area contributed by atoms with Crippen LogP contribution in [0.15, 0.2) is 62.6 Å². The van der Waals surface area contributed by atoms with E-state index in [1.807, 2.05) is 55.5 Å². The van der Waals surface area contributed by atoms with E-state index in [4.69, 9.17) is 4.74 Å². The van der Waals surface area contributed by atoms with Crippen molar-refractivity contribution < 1.29 is 4.74 Å². The fraction of sp³-hybridized carbons (Fsp3) is 0.182. The molecule has 0 radical (unpaired) electrons. The highest BCUT2D eigenvalue weighted by Crippen LogP contribution is 2.14. The molecule has 0 aliphatic rings. The standard InChI is InChI=1S/C22H18BrN3O3S/c1-2-10-29-17-8-6-14(7-9-17)12-18-20(27)24-22-26(25-18)21(28)19(30-22)13-15-4-3-5-16(23)11-15/h3-9,11,13H,2,10,12H2,1H3. The first kappa shape index (κ1) is 20.4. The highest BCUT2D eigenvalue weighted by molar-refractivity contribution is 9.10. The Hall–Kier alpha value is -2.84. The predicted octanol–water partition coefficient (Wildman–Crippen LogP) is 3.20. The van der Waals surface area contributed by atoms with Gasteiger partial charge in [0, 0.05) is 10.9 Å². The molecular weight excluding hydrogens is 466 g/mol. The number of benzene rings is 2. The van der Waals surface area contributed by atoms with Crippen LogP contribution in [-0.4, -0.2) is 21.2 Å². The van der Waals surface area contributed by atoms with Gasteiger partial charge in [-0.05, 0) is 47.9 Å². The van der Waals surface area contributed by atoms with Crippen LogP contribution in [0.3, 0.4) is 0 Å². The number of hydrogen-bond acceptors (Lipinski definition) is 6. The molecule has 8 heteroatoms. The topological polar surface area (TPSA) is 73.6 Å². The predicted molar refractivity (Wildman–Crippen MR) is 121 cm³/mol. The largest absolute Gasteiger partial charge is 0.494 e. The molecule has 0 atom stereocenters. The molecule has 0 bridgehead atoms. The molecule has 0 aliphatic heterocycles. The van der Waals surface area contributed by atoms with Crippen molar-refractivity contribution in [2.24, 2.45) is 0 Å². The number of hydrogen-bond donors (Lipinski definition) is 0. The van der Waals surface area contributed by atoms with Gasteiger partial charge in [-0.1, -0.05) is 58.5 Å². The quantitative estimate of drug-likeness (QED) is 0.421. The lowest BCUT2D eigenvalue weighted by molar-refractivity contribution is 0.317. The molecule has 0 N–H and O–H groups in total. The maximum Gasteiger partial charge on any atom is 0.296 e. The van der Waals surface area contributed by atoms with Crippen molar-refractivity contribution in [1.82, 2.24) is 14.6 Å². The van der Waals surface area contributed by atoms with Crippen LogP contribution in [0.25, 0.3) is 11.0 Å². The first-order chi connectivity index (χ1) is 14.5. The Morgan fingerprint density at radius 2 is 1.97 bits per heavy atom. The molecule has 2 aromatic carbocycles. The minimum atomic E-state index is -0.420. The second kappa shape index (κ2) is 8.89. The Labute approximate surface area is 184 Å². The van der Waals surface area contributed by atoms with E-state index in [0.717, 1.165) is 39.1 Å². The van der Waals surface area contributed by atoms with Gasteiger partial charge in [0.05, 0.1) is 11.1 Å². The van der Waals surface area contributed by atoms with E-state index in [-0.39, 0.29) is 11.3 Å². The van der Waals surface area contributed by atoms with Crippen LogP contribution in [0.5, 0.6) is 5.75 Å². The van der Waals surface area contributed by atoms with E-state index in [2.05, 4.69) is 26.0 Å². The normalized spacial score (nSPS) is 11.9. The van der Waals surface area contributed by atoms with Crippen LogP contribution >= 0.6 is 27.3 Å². The van der Waals surface area contributed by atoms with Crippen molar-refractivity contribution in [3.8, 4) is 5.75 Å². The Kier molecular flexibility index (Phi) is 6.06. The second-order valence-corrected chi connectivity index (χ2v) is 8.62. The Bertz CT molecular complexity index is 1360. The van der Waals surface area contributed by atoms with E-state index in [1.165, 1.54) is 4.52 Å². The molecule has 4 aromatic rings. The summed E-state index contributed by atoms with van der Waals surface area (Å²) in [4.78, 5) is 29.6. The molecule has 0 saturated heterocycles. The summed E-state index contributed by atoms with van der Waals surface area (Å²) in [7, 11) is 0. The highest BCUT2D eigenvalue weighted by atomic mass is 79.9. The number of ether oxygens (including phenoxy) is 1. The number of aromatic nitrogens is 3. The fourth-order valence-electron chi connectivity index (χ4n) is 2.92. The number of thiazole rings is 1. The first-order valence-electron chi connectivity index (χ1n) is 9.45. The highest BCUT2D eigenvalue weighted by Gasteiger charge is 2.12. The van der Waals surface area contributed by atoms with E-state index >= 15 is 0 Å². The molecule has 0 fully saturated rings. The molecule has 0 spiro atoms. The molecule has 2 heterocycles. The molecule has 0 aliphatic carbocycles. The van der Waals surface area contributed by atoms with Crippen LogP contribution in [-0.2, 0) is 6.42 Å². The number of rotatable bonds is 6. The van der Waals surface area contributed by atoms with Gasteiger partial charge in [-0.2, -0.15) is 14.6 Å². The summed E-state index contributed by atoms with van der Waals surface area (Å²) in [6.45, 7) is 2.71. The minimum Gasteiger partial charge on any atom is -0.494 e. The van der Waals surface area contributed by atoms with E-state index < -0.39 is 5.56 Å². The SMILES string of the molecule is CCCOc1ccc(Cc2nn3c(=O)c(=Cc4cccc(Br)c4)sc3nc2=O)cc1. The molecule has 2 aromatic heterocycles. The maximum absolute atomic E-state index is 12.8. The van der Waals surface area contributed by atoms with Crippen LogP contribution in [0.1, 0.15) is 30.2 Å². The number of fused-ring (bicyclic) bond motifs is 1. The smallest absolute Gasteiger partial charge is 0.296 e. The number of halogens is 1. The van der Waals surface area contributed by atoms with E-state index in [9.17, 15) is 9.59 Å². The summed E-state index contributed by atoms with van der Waals surface area (Å²) in [5, 5.41) is 4.30. The Balaban J connectivity index is 1.67. The zero-order valence-electron chi connectivity index (χ0n) is 16.2. The third kappa shape index (κ3) is 4.49. The summed E-state index contributed by atoms with van der Waals surface area (Å²) in [5.41, 5.74) is 1.30. The Morgan fingerprint density at radius 1 is 1.17 bits per heavy atom. The monoisotopic (exact) mass is 483 g/mol. The summed E-state index contributed by atoms with van der Waals surface area (Å²) in [5.74, 6) is 0.784. The molecule has 0 unspecified atom stereocenters. The fourth-order valence-corrected chi connectivity index (χ4v) is 4.24. The summed E-state index contributed by atoms with van der Waals surface area (Å²) < 4.78 is 8.18. The number of nitrogens with zero attached hydrogens (tertiary/aromatic N) is 3. The van der Waals surface area contributed by atoms with Crippen molar-refractivity contribution >= 4 is 38.3 Å². The first-order valence-corrected chi connectivity index (χ1v) is 11.1. The van der Waals surface area contributed by atoms with Crippen LogP contribution in [0, 0.1) is 0 Å². The molecule has 0 saturated carbocycles. The third-order valence-corrected chi connectivity index (χ3v) is 5.82. The molecule has 0 amide bonds. The summed E-state index contributed by atoms with van der Waals surface area (Å²) >= 11 is 4.57. The molecule has 152 valence electrons. The zero-order valence-corrected chi connectivity index (χ0v) is 18.6. The van der Waals surface area contributed by atoms with Crippen LogP contribution in [0.2, 0.25) is 0 Å². The van der Waals surface area contributed by atoms with Gasteiger partial charge in [-0.25, -0.2) is 0 Å².